The van der Waals surface area contributed by atoms with Crippen LogP contribution in [0.4, 0.5) is 0 Å². The van der Waals surface area contributed by atoms with E-state index in [2.05, 4.69) is 28.7 Å². The first-order valence-corrected chi connectivity index (χ1v) is 5.75. The second-order valence-electron chi connectivity index (χ2n) is 4.35. The maximum absolute atomic E-state index is 4.19. The van der Waals surface area contributed by atoms with Gasteiger partial charge in [-0.3, -0.25) is 4.68 Å². The van der Waals surface area contributed by atoms with Gasteiger partial charge in [0, 0.05) is 37.9 Å². The van der Waals surface area contributed by atoms with Crippen molar-refractivity contribution in [2.75, 3.05) is 13.1 Å². The first kappa shape index (κ1) is 10.6. The quantitative estimate of drug-likeness (QED) is 0.816. The highest BCUT2D eigenvalue weighted by Crippen LogP contribution is 2.13. The fourth-order valence-electron chi connectivity index (χ4n) is 2.04. The fourth-order valence-corrected chi connectivity index (χ4v) is 2.04. The van der Waals surface area contributed by atoms with Crippen LogP contribution in [0.5, 0.6) is 0 Å². The molecule has 1 saturated heterocycles. The topological polar surface area (TPSA) is 33.1 Å². The van der Waals surface area contributed by atoms with E-state index < -0.39 is 0 Å². The molecule has 1 aliphatic heterocycles. The van der Waals surface area contributed by atoms with Crippen molar-refractivity contribution >= 4 is 0 Å². The Balaban J connectivity index is 1.88. The van der Waals surface area contributed by atoms with E-state index in [0.29, 0.717) is 6.04 Å². The maximum Gasteiger partial charge on any atom is 0.0537 e. The van der Waals surface area contributed by atoms with Gasteiger partial charge in [-0.1, -0.05) is 6.42 Å². The average Bonchev–Trinajstić information content (AvgIpc) is 2.66. The molecular weight excluding hydrogens is 188 g/mol. The SMILES string of the molecule is CC(NN1CCCCC1)c1cnn(C)c1. The van der Waals surface area contributed by atoms with Crippen LogP contribution in [0.25, 0.3) is 0 Å². The molecule has 1 aliphatic rings. The molecule has 1 N–H and O–H groups in total. The molecule has 0 radical (unpaired) electrons. The van der Waals surface area contributed by atoms with E-state index in [9.17, 15) is 0 Å². The summed E-state index contributed by atoms with van der Waals surface area (Å²) in [5.41, 5.74) is 4.78. The van der Waals surface area contributed by atoms with E-state index in [1.54, 1.807) is 0 Å². The summed E-state index contributed by atoms with van der Waals surface area (Å²) in [6.07, 6.45) is 8.00. The van der Waals surface area contributed by atoms with E-state index in [0.717, 1.165) is 0 Å². The highest BCUT2D eigenvalue weighted by Gasteiger charge is 2.14. The van der Waals surface area contributed by atoms with Crippen LogP contribution in [-0.2, 0) is 7.05 Å². The van der Waals surface area contributed by atoms with Gasteiger partial charge in [0.1, 0.15) is 0 Å². The second-order valence-corrected chi connectivity index (χ2v) is 4.35. The van der Waals surface area contributed by atoms with Crippen molar-refractivity contribution < 1.29 is 0 Å². The molecule has 0 spiro atoms. The van der Waals surface area contributed by atoms with Gasteiger partial charge in [-0.05, 0) is 19.8 Å². The van der Waals surface area contributed by atoms with Crippen molar-refractivity contribution in [1.82, 2.24) is 20.2 Å². The van der Waals surface area contributed by atoms with Crippen molar-refractivity contribution in [3.05, 3.63) is 18.0 Å². The molecule has 84 valence electrons. The first-order valence-electron chi connectivity index (χ1n) is 5.75. The summed E-state index contributed by atoms with van der Waals surface area (Å²) in [6, 6.07) is 0.358. The summed E-state index contributed by atoms with van der Waals surface area (Å²) in [6.45, 7) is 4.53. The minimum atomic E-state index is 0.358. The van der Waals surface area contributed by atoms with E-state index in [-0.39, 0.29) is 0 Å². The number of rotatable bonds is 3. The first-order chi connectivity index (χ1) is 7.25. The molecule has 1 aromatic rings. The number of piperidine rings is 1. The van der Waals surface area contributed by atoms with E-state index in [1.807, 2.05) is 17.9 Å². The lowest BCUT2D eigenvalue weighted by Crippen LogP contribution is -2.42. The predicted molar refractivity (Wildman–Crippen MR) is 60.2 cm³/mol. The number of hydrogen-bond donors (Lipinski definition) is 1. The Kier molecular flexibility index (Phi) is 3.38. The van der Waals surface area contributed by atoms with Gasteiger partial charge in [-0.15, -0.1) is 0 Å². The standard InChI is InChI=1S/C11H20N4/c1-10(11-8-12-14(2)9-11)13-15-6-4-3-5-7-15/h8-10,13H,3-7H2,1-2H3. The summed E-state index contributed by atoms with van der Waals surface area (Å²) < 4.78 is 1.85. The van der Waals surface area contributed by atoms with Crippen LogP contribution in [0.2, 0.25) is 0 Å². The van der Waals surface area contributed by atoms with Gasteiger partial charge < -0.3 is 0 Å². The predicted octanol–water partition coefficient (Wildman–Crippen LogP) is 1.47. The lowest BCUT2D eigenvalue weighted by atomic mass is 10.1. The molecule has 2 rings (SSSR count). The van der Waals surface area contributed by atoms with Crippen LogP contribution in [0.1, 0.15) is 37.8 Å². The minimum absolute atomic E-state index is 0.358. The molecule has 4 nitrogen and oxygen atoms in total. The van der Waals surface area contributed by atoms with E-state index in [4.69, 9.17) is 0 Å². The molecule has 2 heterocycles. The number of hydrazine groups is 1. The second kappa shape index (κ2) is 4.77. The average molecular weight is 208 g/mol. The van der Waals surface area contributed by atoms with Gasteiger partial charge in [-0.25, -0.2) is 10.4 Å². The Bertz CT molecular complexity index is 301. The highest BCUT2D eigenvalue weighted by molar-refractivity contribution is 5.08. The maximum atomic E-state index is 4.19. The van der Waals surface area contributed by atoms with Crippen molar-refractivity contribution in [3.8, 4) is 0 Å². The molecule has 0 bridgehead atoms. The van der Waals surface area contributed by atoms with E-state index >= 15 is 0 Å². The van der Waals surface area contributed by atoms with Crippen molar-refractivity contribution in [2.24, 2.45) is 7.05 Å². The summed E-state index contributed by atoms with van der Waals surface area (Å²) >= 11 is 0. The van der Waals surface area contributed by atoms with Crippen molar-refractivity contribution in [3.63, 3.8) is 0 Å². The number of hydrogen-bond acceptors (Lipinski definition) is 3. The van der Waals surface area contributed by atoms with Crippen LogP contribution in [0.3, 0.4) is 0 Å². The number of aryl methyl sites for hydroxylation is 1. The molecule has 1 atom stereocenters. The van der Waals surface area contributed by atoms with E-state index in [1.165, 1.54) is 37.9 Å². The molecule has 4 heteroatoms. The summed E-state index contributed by atoms with van der Waals surface area (Å²) in [5.74, 6) is 0. The molecule has 0 saturated carbocycles. The third-order valence-electron chi connectivity index (χ3n) is 2.96. The van der Waals surface area contributed by atoms with Crippen LogP contribution in [0.15, 0.2) is 12.4 Å². The smallest absolute Gasteiger partial charge is 0.0537 e. The Morgan fingerprint density at radius 2 is 2.07 bits per heavy atom. The molecule has 1 aromatic heterocycles. The van der Waals surface area contributed by atoms with Gasteiger partial charge in [0.05, 0.1) is 6.20 Å². The zero-order valence-electron chi connectivity index (χ0n) is 9.61. The Morgan fingerprint density at radius 3 is 2.67 bits per heavy atom. The Hall–Kier alpha value is -0.870. The van der Waals surface area contributed by atoms with Crippen molar-refractivity contribution in [2.45, 2.75) is 32.2 Å². The van der Waals surface area contributed by atoms with Crippen LogP contribution >= 0.6 is 0 Å². The number of nitrogens with one attached hydrogen (secondary N) is 1. The van der Waals surface area contributed by atoms with Gasteiger partial charge in [0.15, 0.2) is 0 Å². The highest BCUT2D eigenvalue weighted by atomic mass is 15.5. The Morgan fingerprint density at radius 1 is 1.33 bits per heavy atom. The minimum Gasteiger partial charge on any atom is -0.275 e. The van der Waals surface area contributed by atoms with Gasteiger partial charge in [-0.2, -0.15) is 5.10 Å². The van der Waals surface area contributed by atoms with Gasteiger partial charge in [0.2, 0.25) is 0 Å². The molecule has 15 heavy (non-hydrogen) atoms. The van der Waals surface area contributed by atoms with Gasteiger partial charge in [0.25, 0.3) is 0 Å². The third kappa shape index (κ3) is 2.79. The molecule has 0 aromatic carbocycles. The fraction of sp³-hybridized carbons (Fsp3) is 0.727. The molecule has 1 fully saturated rings. The zero-order valence-corrected chi connectivity index (χ0v) is 9.61. The summed E-state index contributed by atoms with van der Waals surface area (Å²) in [5, 5.41) is 6.52. The summed E-state index contributed by atoms with van der Waals surface area (Å²) in [4.78, 5) is 0. The lowest BCUT2D eigenvalue weighted by molar-refractivity contribution is 0.133. The van der Waals surface area contributed by atoms with Crippen molar-refractivity contribution in [1.29, 1.82) is 0 Å². The normalized spacial score (nSPS) is 20.4. The lowest BCUT2D eigenvalue weighted by Gasteiger charge is -2.29. The summed E-state index contributed by atoms with van der Waals surface area (Å²) in [7, 11) is 1.96. The monoisotopic (exact) mass is 208 g/mol. The number of aromatic nitrogens is 2. The van der Waals surface area contributed by atoms with Crippen LogP contribution < -0.4 is 5.43 Å². The zero-order chi connectivity index (χ0) is 10.7. The Labute approximate surface area is 91.2 Å². The molecule has 0 amide bonds. The van der Waals surface area contributed by atoms with Crippen LogP contribution in [-0.4, -0.2) is 27.9 Å². The largest absolute Gasteiger partial charge is 0.275 e. The number of nitrogens with zero attached hydrogens (tertiary/aromatic N) is 3. The molecular formula is C11H20N4. The van der Waals surface area contributed by atoms with Crippen LogP contribution in [0, 0.1) is 0 Å². The molecule has 1 unspecified atom stereocenters. The molecule has 0 aliphatic carbocycles. The van der Waals surface area contributed by atoms with Gasteiger partial charge >= 0.3 is 0 Å². The third-order valence-corrected chi connectivity index (χ3v) is 2.96.